The highest BCUT2D eigenvalue weighted by molar-refractivity contribution is 7.89. The summed E-state index contributed by atoms with van der Waals surface area (Å²) >= 11 is 0. The smallest absolute Gasteiger partial charge is 0.321 e. The molecule has 0 aromatic heterocycles. The third kappa shape index (κ3) is 4.80. The Bertz CT molecular complexity index is 1000. The van der Waals surface area contributed by atoms with E-state index in [9.17, 15) is 22.8 Å². The van der Waals surface area contributed by atoms with Crippen LogP contribution in [0.25, 0.3) is 0 Å². The Morgan fingerprint density at radius 2 is 1.78 bits per heavy atom. The van der Waals surface area contributed by atoms with Gasteiger partial charge in [0.1, 0.15) is 6.54 Å². The molecule has 9 nitrogen and oxygen atoms in total. The monoisotopic (exact) mass is 465 g/mol. The van der Waals surface area contributed by atoms with Gasteiger partial charge in [0.25, 0.3) is 5.91 Å². The molecule has 2 amide bonds. The molecule has 2 aliphatic rings. The van der Waals surface area contributed by atoms with E-state index in [2.05, 4.69) is 36.1 Å². The normalized spacial score (nSPS) is 25.9. The van der Waals surface area contributed by atoms with Crippen molar-refractivity contribution < 1.29 is 27.5 Å². The van der Waals surface area contributed by atoms with Gasteiger partial charge in [0.05, 0.1) is 4.90 Å². The largest absolute Gasteiger partial charge is 0.455 e. The van der Waals surface area contributed by atoms with Gasteiger partial charge in [-0.3, -0.25) is 14.4 Å². The third-order valence-corrected chi connectivity index (χ3v) is 8.80. The maximum atomic E-state index is 12.3. The molecule has 2 bridgehead atoms. The fourth-order valence-electron chi connectivity index (χ4n) is 5.01. The molecule has 2 saturated carbocycles. The zero-order chi connectivity index (χ0) is 23.7. The third-order valence-electron chi connectivity index (χ3n) is 7.39. The van der Waals surface area contributed by atoms with Crippen LogP contribution in [0.5, 0.6) is 0 Å². The van der Waals surface area contributed by atoms with Crippen LogP contribution in [0, 0.1) is 16.7 Å². The maximum absolute atomic E-state index is 12.3. The van der Waals surface area contributed by atoms with Crippen molar-refractivity contribution in [3.05, 3.63) is 24.3 Å². The lowest BCUT2D eigenvalue weighted by Gasteiger charge is -2.39. The van der Waals surface area contributed by atoms with E-state index >= 15 is 0 Å². The molecule has 3 rings (SSSR count). The summed E-state index contributed by atoms with van der Waals surface area (Å²) in [6.45, 7) is 6.99. The van der Waals surface area contributed by atoms with E-state index in [-0.39, 0.29) is 33.6 Å². The summed E-state index contributed by atoms with van der Waals surface area (Å²) in [5, 5.41) is 5.53. The molecule has 3 atom stereocenters. The van der Waals surface area contributed by atoms with Crippen molar-refractivity contribution in [1.82, 2.24) is 10.0 Å². The lowest BCUT2D eigenvalue weighted by Crippen LogP contribution is -2.48. The fraction of sp³-hybridized carbons (Fsp3) is 0.591. The van der Waals surface area contributed by atoms with Gasteiger partial charge in [-0.2, -0.15) is 4.72 Å². The van der Waals surface area contributed by atoms with Crippen LogP contribution in [0.15, 0.2) is 29.2 Å². The zero-order valence-corrected chi connectivity index (χ0v) is 19.7. The topological polar surface area (TPSA) is 131 Å². The SMILES string of the molecule is CC(=O)Nc1ccc(S(=O)(=O)NCC(=O)OCC(=O)NC2CC3CCC2(C)C3(C)C)cc1. The van der Waals surface area contributed by atoms with Gasteiger partial charge in [-0.1, -0.05) is 20.8 Å². The van der Waals surface area contributed by atoms with Crippen LogP contribution in [0.1, 0.15) is 47.0 Å². The molecule has 0 spiro atoms. The predicted octanol–water partition coefficient (Wildman–Crippen LogP) is 1.80. The standard InChI is InChI=1S/C22H31N3O6S/c1-14(26)24-16-5-7-17(8-6-16)32(29,30)23-12-20(28)31-13-19(27)25-18-11-15-9-10-22(18,4)21(15,2)3/h5-8,15,18,23H,9-13H2,1-4H3,(H,24,26)(H,25,27). The highest BCUT2D eigenvalue weighted by Crippen LogP contribution is 2.65. The molecule has 2 aliphatic carbocycles. The van der Waals surface area contributed by atoms with Gasteiger partial charge in [0.2, 0.25) is 15.9 Å². The molecule has 0 radical (unpaired) electrons. The molecule has 176 valence electrons. The summed E-state index contributed by atoms with van der Waals surface area (Å²) < 4.78 is 31.7. The van der Waals surface area contributed by atoms with Crippen LogP contribution in [-0.4, -0.2) is 45.4 Å². The first-order valence-electron chi connectivity index (χ1n) is 10.7. The number of benzene rings is 1. The van der Waals surface area contributed by atoms with Gasteiger partial charge in [-0.15, -0.1) is 0 Å². The average Bonchev–Trinajstić information content (AvgIpc) is 3.04. The van der Waals surface area contributed by atoms with E-state index in [1.165, 1.54) is 37.6 Å². The molecular weight excluding hydrogens is 434 g/mol. The lowest BCUT2D eigenvalue weighted by molar-refractivity contribution is -0.147. The second-order valence-corrected chi connectivity index (χ2v) is 11.2. The van der Waals surface area contributed by atoms with Crippen molar-refractivity contribution in [2.24, 2.45) is 16.7 Å². The van der Waals surface area contributed by atoms with Crippen molar-refractivity contribution in [3.63, 3.8) is 0 Å². The number of ether oxygens (including phenoxy) is 1. The average molecular weight is 466 g/mol. The Labute approximate surface area is 188 Å². The maximum Gasteiger partial charge on any atom is 0.321 e. The van der Waals surface area contributed by atoms with E-state index in [0.717, 1.165) is 12.8 Å². The van der Waals surface area contributed by atoms with E-state index in [1.54, 1.807) is 0 Å². The molecule has 32 heavy (non-hydrogen) atoms. The highest BCUT2D eigenvalue weighted by atomic mass is 32.2. The molecule has 2 fully saturated rings. The number of hydrogen-bond acceptors (Lipinski definition) is 6. The second-order valence-electron chi connectivity index (χ2n) is 9.42. The summed E-state index contributed by atoms with van der Waals surface area (Å²) in [6.07, 6.45) is 3.15. The summed E-state index contributed by atoms with van der Waals surface area (Å²) in [7, 11) is -3.95. The van der Waals surface area contributed by atoms with Crippen LogP contribution in [0.4, 0.5) is 5.69 Å². The summed E-state index contributed by atoms with van der Waals surface area (Å²) in [5.41, 5.74) is 0.623. The van der Waals surface area contributed by atoms with Crippen molar-refractivity contribution in [3.8, 4) is 0 Å². The van der Waals surface area contributed by atoms with E-state index in [4.69, 9.17) is 4.74 Å². The van der Waals surface area contributed by atoms with Gasteiger partial charge in [0, 0.05) is 18.7 Å². The molecule has 1 aromatic carbocycles. The number of fused-ring (bicyclic) bond motifs is 2. The van der Waals surface area contributed by atoms with Crippen LogP contribution in [0.3, 0.4) is 0 Å². The second kappa shape index (κ2) is 8.82. The van der Waals surface area contributed by atoms with Crippen molar-refractivity contribution in [2.45, 2.75) is 57.9 Å². The van der Waals surface area contributed by atoms with Gasteiger partial charge >= 0.3 is 5.97 Å². The van der Waals surface area contributed by atoms with Crippen LogP contribution >= 0.6 is 0 Å². The Morgan fingerprint density at radius 3 is 2.31 bits per heavy atom. The first-order chi connectivity index (χ1) is 14.8. The number of esters is 1. The first-order valence-corrected chi connectivity index (χ1v) is 12.2. The Morgan fingerprint density at radius 1 is 1.12 bits per heavy atom. The van der Waals surface area contributed by atoms with Gasteiger partial charge < -0.3 is 15.4 Å². The lowest BCUT2D eigenvalue weighted by atomic mass is 9.69. The minimum absolute atomic E-state index is 0.0163. The van der Waals surface area contributed by atoms with E-state index < -0.39 is 29.1 Å². The number of sulfonamides is 1. The Balaban J connectivity index is 1.45. The van der Waals surface area contributed by atoms with Crippen molar-refractivity contribution in [2.75, 3.05) is 18.5 Å². The predicted molar refractivity (Wildman–Crippen MR) is 118 cm³/mol. The molecular formula is C22H31N3O6S. The van der Waals surface area contributed by atoms with Gasteiger partial charge in [-0.25, -0.2) is 8.42 Å². The van der Waals surface area contributed by atoms with Crippen LogP contribution in [-0.2, 0) is 29.1 Å². The quantitative estimate of drug-likeness (QED) is 0.502. The molecule has 0 saturated heterocycles. The van der Waals surface area contributed by atoms with Crippen molar-refractivity contribution >= 4 is 33.5 Å². The fourth-order valence-corrected chi connectivity index (χ4v) is 5.98. The van der Waals surface area contributed by atoms with Gasteiger partial charge in [0.15, 0.2) is 6.61 Å². The number of hydrogen-bond donors (Lipinski definition) is 3. The number of carbonyl (C=O) groups is 3. The van der Waals surface area contributed by atoms with Crippen LogP contribution < -0.4 is 15.4 Å². The molecule has 3 unspecified atom stereocenters. The number of rotatable bonds is 8. The van der Waals surface area contributed by atoms with E-state index in [1.807, 2.05) is 0 Å². The molecule has 1 aromatic rings. The highest BCUT2D eigenvalue weighted by Gasteiger charge is 2.61. The van der Waals surface area contributed by atoms with Gasteiger partial charge in [-0.05, 0) is 60.3 Å². The van der Waals surface area contributed by atoms with E-state index in [0.29, 0.717) is 11.6 Å². The molecule has 0 aliphatic heterocycles. The van der Waals surface area contributed by atoms with Crippen molar-refractivity contribution in [1.29, 1.82) is 0 Å². The minimum atomic E-state index is -3.95. The summed E-state index contributed by atoms with van der Waals surface area (Å²) in [5.74, 6) is -0.937. The minimum Gasteiger partial charge on any atom is -0.455 e. The number of carbonyl (C=O) groups excluding carboxylic acids is 3. The zero-order valence-electron chi connectivity index (χ0n) is 18.9. The first kappa shape index (κ1) is 24.2. The van der Waals surface area contributed by atoms with Crippen LogP contribution in [0.2, 0.25) is 0 Å². The summed E-state index contributed by atoms with van der Waals surface area (Å²) in [4.78, 5) is 35.2. The number of nitrogens with one attached hydrogen (secondary N) is 3. The summed E-state index contributed by atoms with van der Waals surface area (Å²) in [6, 6.07) is 5.54. The molecule has 10 heteroatoms. The Kier molecular flexibility index (Phi) is 6.67. The molecule has 3 N–H and O–H groups in total. The molecule has 0 heterocycles. The number of amides is 2. The number of anilines is 1. The Hall–Kier alpha value is -2.46.